The quantitative estimate of drug-likeness (QED) is 0.880. The predicted molar refractivity (Wildman–Crippen MR) is 94.9 cm³/mol. The second kappa shape index (κ2) is 6.73. The van der Waals surface area contributed by atoms with Crippen LogP contribution in [0.5, 0.6) is 0 Å². The van der Waals surface area contributed by atoms with E-state index in [1.165, 1.54) is 0 Å². The van der Waals surface area contributed by atoms with Gasteiger partial charge in [-0.2, -0.15) is 0 Å². The fourth-order valence-electron chi connectivity index (χ4n) is 3.75. The third kappa shape index (κ3) is 3.42. The monoisotopic (exact) mass is 349 g/mol. The molecule has 5 nitrogen and oxygen atoms in total. The molecule has 2 aliphatic rings. The van der Waals surface area contributed by atoms with E-state index in [0.29, 0.717) is 18.0 Å². The zero-order valence-corrected chi connectivity index (χ0v) is 14.7. The van der Waals surface area contributed by atoms with Crippen molar-refractivity contribution in [3.8, 4) is 0 Å². The van der Waals surface area contributed by atoms with E-state index in [0.717, 1.165) is 31.4 Å². The van der Waals surface area contributed by atoms with E-state index in [2.05, 4.69) is 5.32 Å². The third-order valence-electron chi connectivity index (χ3n) is 5.23. The van der Waals surface area contributed by atoms with Crippen LogP contribution in [0.25, 0.3) is 0 Å². The maximum atomic E-state index is 12.6. The number of amides is 2. The number of nitrogens with zero attached hydrogens (tertiary/aromatic N) is 1. The molecule has 1 saturated carbocycles. The van der Waals surface area contributed by atoms with Gasteiger partial charge in [-0.05, 0) is 50.5 Å². The molecular weight excluding hydrogens is 326 g/mol. The number of halogens is 1. The van der Waals surface area contributed by atoms with Gasteiger partial charge in [-0.1, -0.05) is 24.4 Å². The van der Waals surface area contributed by atoms with E-state index in [1.54, 1.807) is 17.0 Å². The van der Waals surface area contributed by atoms with Crippen molar-refractivity contribution in [2.75, 3.05) is 11.4 Å². The topological polar surface area (TPSA) is 75.4 Å². The van der Waals surface area contributed by atoms with Crippen molar-refractivity contribution in [2.24, 2.45) is 11.7 Å². The van der Waals surface area contributed by atoms with Gasteiger partial charge < -0.3 is 16.0 Å². The number of rotatable bonds is 3. The molecule has 1 aromatic rings. The largest absolute Gasteiger partial charge is 0.344 e. The molecule has 1 aliphatic carbocycles. The van der Waals surface area contributed by atoms with Crippen LogP contribution >= 0.6 is 11.6 Å². The Kier molecular flexibility index (Phi) is 4.83. The molecule has 0 spiro atoms. The Bertz CT molecular complexity index is 630. The summed E-state index contributed by atoms with van der Waals surface area (Å²) < 4.78 is 0. The average Bonchev–Trinajstić information content (AvgIpc) is 2.88. The highest BCUT2D eigenvalue weighted by molar-refractivity contribution is 6.30. The van der Waals surface area contributed by atoms with Crippen molar-refractivity contribution in [1.82, 2.24) is 5.32 Å². The summed E-state index contributed by atoms with van der Waals surface area (Å²) in [5.41, 5.74) is 6.62. The Hall–Kier alpha value is -1.59. The minimum absolute atomic E-state index is 0.0693. The van der Waals surface area contributed by atoms with E-state index in [-0.39, 0.29) is 17.7 Å². The molecule has 3 rings (SSSR count). The summed E-state index contributed by atoms with van der Waals surface area (Å²) in [6.07, 6.45) is 4.33. The Morgan fingerprint density at radius 1 is 1.29 bits per heavy atom. The van der Waals surface area contributed by atoms with Crippen LogP contribution in [-0.4, -0.2) is 29.9 Å². The summed E-state index contributed by atoms with van der Waals surface area (Å²) in [6.45, 7) is 2.53. The van der Waals surface area contributed by atoms with Crippen LogP contribution in [0.3, 0.4) is 0 Å². The number of nitrogens with two attached hydrogens (primary N) is 1. The van der Waals surface area contributed by atoms with Gasteiger partial charge in [0.05, 0.1) is 5.92 Å². The van der Waals surface area contributed by atoms with Crippen LogP contribution < -0.4 is 16.0 Å². The molecule has 24 heavy (non-hydrogen) atoms. The normalized spacial score (nSPS) is 30.5. The fraction of sp³-hybridized carbons (Fsp3) is 0.556. The molecule has 1 aromatic carbocycles. The van der Waals surface area contributed by atoms with E-state index in [1.807, 2.05) is 19.1 Å². The fourth-order valence-corrected chi connectivity index (χ4v) is 3.88. The highest BCUT2D eigenvalue weighted by atomic mass is 35.5. The SMILES string of the molecule is CC1(N)CCCCC1C(=O)NC1CCN(c2ccc(Cl)cc2)C1=O. The molecule has 2 amide bonds. The third-order valence-corrected chi connectivity index (χ3v) is 5.48. The molecule has 1 aliphatic heterocycles. The first-order valence-electron chi connectivity index (χ1n) is 8.55. The molecule has 3 N–H and O–H groups in total. The van der Waals surface area contributed by atoms with Gasteiger partial charge in [-0.15, -0.1) is 0 Å². The van der Waals surface area contributed by atoms with Crippen LogP contribution in [0.2, 0.25) is 5.02 Å². The highest BCUT2D eigenvalue weighted by Crippen LogP contribution is 2.32. The summed E-state index contributed by atoms with van der Waals surface area (Å²) in [6, 6.07) is 6.70. The molecule has 0 aromatic heterocycles. The molecule has 0 radical (unpaired) electrons. The van der Waals surface area contributed by atoms with Crippen molar-refractivity contribution < 1.29 is 9.59 Å². The van der Waals surface area contributed by atoms with Crippen LogP contribution in [0.15, 0.2) is 24.3 Å². The lowest BCUT2D eigenvalue weighted by atomic mass is 9.74. The number of hydrogen-bond donors (Lipinski definition) is 2. The number of nitrogens with one attached hydrogen (secondary N) is 1. The minimum atomic E-state index is -0.486. The number of benzene rings is 1. The Morgan fingerprint density at radius 2 is 2.00 bits per heavy atom. The van der Waals surface area contributed by atoms with Crippen molar-refractivity contribution in [1.29, 1.82) is 0 Å². The molecule has 3 atom stereocenters. The highest BCUT2D eigenvalue weighted by Gasteiger charge is 2.40. The minimum Gasteiger partial charge on any atom is -0.344 e. The zero-order valence-electron chi connectivity index (χ0n) is 13.9. The molecule has 1 saturated heterocycles. The van der Waals surface area contributed by atoms with Gasteiger partial charge in [-0.3, -0.25) is 9.59 Å². The second-order valence-electron chi connectivity index (χ2n) is 7.12. The zero-order chi connectivity index (χ0) is 17.3. The Labute approximate surface area is 147 Å². The lowest BCUT2D eigenvalue weighted by molar-refractivity contribution is -0.131. The summed E-state index contributed by atoms with van der Waals surface area (Å²) in [5, 5.41) is 3.56. The van der Waals surface area contributed by atoms with Gasteiger partial charge >= 0.3 is 0 Å². The van der Waals surface area contributed by atoms with Crippen molar-refractivity contribution in [3.63, 3.8) is 0 Å². The first kappa shape index (κ1) is 17.2. The lowest BCUT2D eigenvalue weighted by Crippen LogP contribution is -2.55. The smallest absolute Gasteiger partial charge is 0.249 e. The summed E-state index contributed by atoms with van der Waals surface area (Å²) >= 11 is 5.89. The number of carbonyl (C=O) groups excluding carboxylic acids is 2. The van der Waals surface area contributed by atoms with Gasteiger partial charge in [-0.25, -0.2) is 0 Å². The molecular formula is C18H24ClN3O2. The van der Waals surface area contributed by atoms with Crippen molar-refractivity contribution in [2.45, 2.75) is 50.6 Å². The Morgan fingerprint density at radius 3 is 2.67 bits per heavy atom. The number of hydrogen-bond acceptors (Lipinski definition) is 3. The van der Waals surface area contributed by atoms with Crippen LogP contribution in [0, 0.1) is 5.92 Å². The summed E-state index contributed by atoms with van der Waals surface area (Å²) in [5.74, 6) is -0.375. The number of anilines is 1. The van der Waals surface area contributed by atoms with Gasteiger partial charge in [0.15, 0.2) is 0 Å². The van der Waals surface area contributed by atoms with E-state index >= 15 is 0 Å². The summed E-state index contributed by atoms with van der Waals surface area (Å²) in [4.78, 5) is 26.9. The van der Waals surface area contributed by atoms with Gasteiger partial charge in [0.1, 0.15) is 6.04 Å². The van der Waals surface area contributed by atoms with Crippen LogP contribution in [0.4, 0.5) is 5.69 Å². The Balaban J connectivity index is 1.65. The number of carbonyl (C=O) groups is 2. The van der Waals surface area contributed by atoms with Gasteiger partial charge in [0.25, 0.3) is 0 Å². The molecule has 3 unspecified atom stereocenters. The lowest BCUT2D eigenvalue weighted by Gasteiger charge is -2.37. The molecule has 130 valence electrons. The standard InChI is InChI=1S/C18H24ClN3O2/c1-18(20)10-3-2-4-14(18)16(23)21-15-9-11-22(17(15)24)13-7-5-12(19)6-8-13/h5-8,14-15H,2-4,9-11,20H2,1H3,(H,21,23). The average molecular weight is 350 g/mol. The maximum absolute atomic E-state index is 12.6. The van der Waals surface area contributed by atoms with Crippen molar-refractivity contribution >= 4 is 29.1 Å². The van der Waals surface area contributed by atoms with E-state index < -0.39 is 11.6 Å². The van der Waals surface area contributed by atoms with Gasteiger partial charge in [0.2, 0.25) is 11.8 Å². The molecule has 0 bridgehead atoms. The van der Waals surface area contributed by atoms with E-state index in [9.17, 15) is 9.59 Å². The second-order valence-corrected chi connectivity index (χ2v) is 7.56. The first-order chi connectivity index (χ1) is 11.4. The van der Waals surface area contributed by atoms with E-state index in [4.69, 9.17) is 17.3 Å². The molecule has 1 heterocycles. The predicted octanol–water partition coefficient (Wildman–Crippen LogP) is 2.47. The van der Waals surface area contributed by atoms with Gasteiger partial charge in [0, 0.05) is 22.8 Å². The molecule has 6 heteroatoms. The van der Waals surface area contributed by atoms with Crippen LogP contribution in [-0.2, 0) is 9.59 Å². The van der Waals surface area contributed by atoms with Crippen LogP contribution in [0.1, 0.15) is 39.0 Å². The summed E-state index contributed by atoms with van der Waals surface area (Å²) in [7, 11) is 0. The maximum Gasteiger partial charge on any atom is 0.249 e. The van der Waals surface area contributed by atoms with Crippen molar-refractivity contribution in [3.05, 3.63) is 29.3 Å². The molecule has 2 fully saturated rings. The first-order valence-corrected chi connectivity index (χ1v) is 8.92.